The average molecular weight is 480 g/mol. The molecule has 0 aliphatic heterocycles. The number of nitrogen functional groups attached to an aromatic ring is 1. The molecule has 0 spiro atoms. The number of amidine groups is 1. The Morgan fingerprint density at radius 3 is 2.63 bits per heavy atom. The maximum absolute atomic E-state index is 14.9. The van der Waals surface area contributed by atoms with Gasteiger partial charge in [0.1, 0.15) is 5.84 Å². The van der Waals surface area contributed by atoms with Crippen LogP contribution in [0.1, 0.15) is 25.8 Å². The van der Waals surface area contributed by atoms with Crippen molar-refractivity contribution in [3.05, 3.63) is 72.5 Å². The Hall–Kier alpha value is -3.85. The molecule has 3 aromatic rings. The van der Waals surface area contributed by atoms with Gasteiger partial charge in [0, 0.05) is 53.6 Å². The zero-order chi connectivity index (χ0) is 25.7. The van der Waals surface area contributed by atoms with Crippen molar-refractivity contribution < 1.29 is 8.78 Å². The molecule has 184 valence electrons. The molecule has 2 aromatic heterocycles. The molecule has 0 fully saturated rings. The van der Waals surface area contributed by atoms with Gasteiger partial charge in [-0.15, -0.1) is 0 Å². The molecule has 0 amide bonds. The van der Waals surface area contributed by atoms with Crippen molar-refractivity contribution in [2.24, 2.45) is 10.7 Å². The third-order valence-corrected chi connectivity index (χ3v) is 5.90. The summed E-state index contributed by atoms with van der Waals surface area (Å²) in [6.45, 7) is 10.5. The maximum Gasteiger partial charge on any atom is 0.168 e. The van der Waals surface area contributed by atoms with E-state index in [0.29, 0.717) is 34.7 Å². The molecule has 0 saturated heterocycles. The van der Waals surface area contributed by atoms with Crippen LogP contribution in [0.3, 0.4) is 0 Å². The molecule has 35 heavy (non-hydrogen) atoms. The minimum Gasteiger partial charge on any atom is -0.397 e. The lowest BCUT2D eigenvalue weighted by Gasteiger charge is -2.21. The number of hydrogen-bond donors (Lipinski definition) is 3. The van der Waals surface area contributed by atoms with E-state index in [2.05, 4.69) is 45.6 Å². The number of aromatic nitrogens is 2. The Morgan fingerprint density at radius 2 is 1.94 bits per heavy atom. The first kappa shape index (κ1) is 25.8. The molecule has 3 rings (SSSR count). The fourth-order valence-electron chi connectivity index (χ4n) is 3.50. The van der Waals surface area contributed by atoms with Gasteiger partial charge in [0.25, 0.3) is 0 Å². The maximum atomic E-state index is 14.9. The number of nitrogens with zero attached hydrogens (tertiary/aromatic N) is 4. The highest BCUT2D eigenvalue weighted by molar-refractivity contribution is 5.95. The van der Waals surface area contributed by atoms with Gasteiger partial charge in [0.05, 0.1) is 11.9 Å². The zero-order valence-corrected chi connectivity index (χ0v) is 20.4. The summed E-state index contributed by atoms with van der Waals surface area (Å²) in [5.74, 6) is -1.50. The SMILES string of the molecule is C=CN/C(=C\C(N)=Nc1cc2cc(-c3cncc(N)c3C)c(F)c(F)c2cn1)CCN(C)C(C)C. The van der Waals surface area contributed by atoms with E-state index in [4.69, 9.17) is 11.5 Å². The van der Waals surface area contributed by atoms with Gasteiger partial charge < -0.3 is 21.7 Å². The Balaban J connectivity index is 1.98. The van der Waals surface area contributed by atoms with E-state index in [0.717, 1.165) is 12.2 Å². The highest BCUT2D eigenvalue weighted by Gasteiger charge is 2.18. The van der Waals surface area contributed by atoms with E-state index in [-0.39, 0.29) is 22.6 Å². The van der Waals surface area contributed by atoms with Crippen molar-refractivity contribution in [3.63, 3.8) is 0 Å². The molecule has 2 heterocycles. The number of fused-ring (bicyclic) bond motifs is 1. The zero-order valence-electron chi connectivity index (χ0n) is 20.4. The predicted octanol–water partition coefficient (Wildman–Crippen LogP) is 4.80. The first-order chi connectivity index (χ1) is 16.6. The van der Waals surface area contributed by atoms with E-state index in [1.54, 1.807) is 25.3 Å². The van der Waals surface area contributed by atoms with Crippen LogP contribution >= 0.6 is 0 Å². The second-order valence-electron chi connectivity index (χ2n) is 8.60. The van der Waals surface area contributed by atoms with Crippen LogP contribution in [0.25, 0.3) is 21.9 Å². The quantitative estimate of drug-likeness (QED) is 0.301. The second-order valence-corrected chi connectivity index (χ2v) is 8.60. The smallest absolute Gasteiger partial charge is 0.168 e. The normalized spacial score (nSPS) is 12.6. The number of pyridine rings is 2. The number of nitrogens with two attached hydrogens (primary N) is 2. The Labute approximate surface area is 204 Å². The molecule has 7 nitrogen and oxygen atoms in total. The van der Waals surface area contributed by atoms with Crippen LogP contribution in [0, 0.1) is 18.6 Å². The number of hydrogen-bond acceptors (Lipinski definition) is 6. The number of benzene rings is 1. The molecule has 0 unspecified atom stereocenters. The highest BCUT2D eigenvalue weighted by Crippen LogP contribution is 2.34. The van der Waals surface area contributed by atoms with Gasteiger partial charge in [-0.3, -0.25) is 4.98 Å². The Bertz CT molecular complexity index is 1300. The third-order valence-electron chi connectivity index (χ3n) is 5.90. The minimum atomic E-state index is -0.998. The van der Waals surface area contributed by atoms with E-state index in [1.807, 2.05) is 7.05 Å². The molecular weight excluding hydrogens is 448 g/mol. The summed E-state index contributed by atoms with van der Waals surface area (Å²) in [7, 11) is 2.05. The largest absolute Gasteiger partial charge is 0.397 e. The molecule has 0 aliphatic rings. The molecule has 1 aromatic carbocycles. The monoisotopic (exact) mass is 479 g/mol. The third kappa shape index (κ3) is 5.99. The van der Waals surface area contributed by atoms with Gasteiger partial charge in [-0.05, 0) is 63.2 Å². The summed E-state index contributed by atoms with van der Waals surface area (Å²) in [4.78, 5) is 14.7. The van der Waals surface area contributed by atoms with Gasteiger partial charge in [0.15, 0.2) is 17.5 Å². The summed E-state index contributed by atoms with van der Waals surface area (Å²) >= 11 is 0. The number of anilines is 1. The summed E-state index contributed by atoms with van der Waals surface area (Å²) < 4.78 is 29.8. The van der Waals surface area contributed by atoms with Crippen LogP contribution in [0.15, 0.2) is 60.3 Å². The summed E-state index contributed by atoms with van der Waals surface area (Å²) in [6, 6.07) is 3.51. The molecule has 0 saturated carbocycles. The molecule has 5 N–H and O–H groups in total. The number of nitrogens with one attached hydrogen (secondary N) is 1. The van der Waals surface area contributed by atoms with E-state index in [9.17, 15) is 8.78 Å². The fraction of sp³-hybridized carbons (Fsp3) is 0.269. The lowest BCUT2D eigenvalue weighted by molar-refractivity contribution is 0.276. The van der Waals surface area contributed by atoms with Crippen molar-refractivity contribution >= 4 is 28.1 Å². The van der Waals surface area contributed by atoms with Crippen LogP contribution in [-0.4, -0.2) is 40.3 Å². The predicted molar refractivity (Wildman–Crippen MR) is 139 cm³/mol. The average Bonchev–Trinajstić information content (AvgIpc) is 2.81. The van der Waals surface area contributed by atoms with Crippen LogP contribution in [-0.2, 0) is 0 Å². The van der Waals surface area contributed by atoms with E-state index in [1.165, 1.54) is 24.7 Å². The van der Waals surface area contributed by atoms with Crippen LogP contribution < -0.4 is 16.8 Å². The molecule has 9 heteroatoms. The number of rotatable bonds is 9. The van der Waals surface area contributed by atoms with Gasteiger partial charge in [-0.1, -0.05) is 6.58 Å². The van der Waals surface area contributed by atoms with Crippen molar-refractivity contribution in [1.82, 2.24) is 20.2 Å². The lowest BCUT2D eigenvalue weighted by atomic mass is 9.98. The lowest BCUT2D eigenvalue weighted by Crippen LogP contribution is -2.28. The fourth-order valence-corrected chi connectivity index (χ4v) is 3.50. The van der Waals surface area contributed by atoms with Crippen LogP contribution in [0.4, 0.5) is 20.3 Å². The van der Waals surface area contributed by atoms with Gasteiger partial charge in [-0.25, -0.2) is 18.8 Å². The summed E-state index contributed by atoms with van der Waals surface area (Å²) in [6.07, 6.45) is 8.18. The first-order valence-corrected chi connectivity index (χ1v) is 11.2. The molecule has 0 bridgehead atoms. The van der Waals surface area contributed by atoms with Gasteiger partial charge in [0.2, 0.25) is 0 Å². The summed E-state index contributed by atoms with van der Waals surface area (Å²) in [5.41, 5.74) is 14.4. The van der Waals surface area contributed by atoms with Crippen molar-refractivity contribution in [3.8, 4) is 11.1 Å². The topological polar surface area (TPSA) is 105 Å². The van der Waals surface area contributed by atoms with Crippen LogP contribution in [0.2, 0.25) is 0 Å². The van der Waals surface area contributed by atoms with Crippen molar-refractivity contribution in [2.45, 2.75) is 33.2 Å². The van der Waals surface area contributed by atoms with Crippen LogP contribution in [0.5, 0.6) is 0 Å². The van der Waals surface area contributed by atoms with Crippen molar-refractivity contribution in [1.29, 1.82) is 0 Å². The second kappa shape index (κ2) is 11.1. The Kier molecular flexibility index (Phi) is 8.14. The molecule has 0 atom stereocenters. The Morgan fingerprint density at radius 1 is 1.20 bits per heavy atom. The highest BCUT2D eigenvalue weighted by atomic mass is 19.2. The molecule has 0 aliphatic carbocycles. The molecular formula is C26H31F2N7. The summed E-state index contributed by atoms with van der Waals surface area (Å²) in [5, 5.41) is 3.55. The van der Waals surface area contributed by atoms with Gasteiger partial charge >= 0.3 is 0 Å². The number of aliphatic imine (C=N–C) groups is 1. The van der Waals surface area contributed by atoms with E-state index >= 15 is 0 Å². The molecule has 0 radical (unpaired) electrons. The standard InChI is InChI=1S/C26H31F2N7/c1-6-32-18(7-8-35(5)15(2)3)11-23(30)34-24-10-17-9-19(20-12-31-14-22(29)16(20)4)25(27)26(28)21(17)13-33-24/h6,9-15,32H,1,7-8,29H2,2-5H3,(H2,30,33,34)/b18-11-. The number of halogens is 2. The first-order valence-electron chi connectivity index (χ1n) is 11.2. The minimum absolute atomic E-state index is 0.0413. The van der Waals surface area contributed by atoms with Gasteiger partial charge in [-0.2, -0.15) is 0 Å². The van der Waals surface area contributed by atoms with E-state index < -0.39 is 11.6 Å². The van der Waals surface area contributed by atoms with Crippen molar-refractivity contribution in [2.75, 3.05) is 19.3 Å².